The molecule has 0 amide bonds. The maximum Gasteiger partial charge on any atom is 0.0290 e. The van der Waals surface area contributed by atoms with Gasteiger partial charge < -0.3 is 0 Å². The first-order valence-corrected chi connectivity index (χ1v) is 45.0. The fourth-order valence-electron chi connectivity index (χ4n) is 19.8. The molecule has 0 aliphatic heterocycles. The molecule has 0 aliphatic carbocycles. The Morgan fingerprint density at radius 2 is 0.331 bits per heavy atom. The molecule has 0 nitrogen and oxygen atoms in total. The van der Waals surface area contributed by atoms with Crippen LogP contribution in [0.4, 0.5) is 0 Å². The van der Waals surface area contributed by atoms with Gasteiger partial charge in [-0.1, -0.05) is 284 Å². The SMILES string of the molecule is CSC(=C(SC)c1c(Cc2c(-c3c(C)cccc3C)cccc2-c2c(C)cccc2C)cc(C(C)(C)C)cc1Cc1c(-c2c(C)cccc2C)cccc1-c1c(C)cccc1C)c1c(Cc2c(-c3c(C)cccc3C)cccc2-c2c(C)cccc2C)cc(C(C)(C)C)cc1Cc1c(-c2c(C)cccc2C)cccc1-c1c(C)cccc1C. The van der Waals surface area contributed by atoms with Gasteiger partial charge in [0.1, 0.15) is 0 Å². The molecule has 14 aromatic carbocycles. The van der Waals surface area contributed by atoms with Crippen LogP contribution in [0.1, 0.15) is 197 Å². The predicted octanol–water partition coefficient (Wildman–Crippen LogP) is 32.5. The Bertz CT molecular complexity index is 5110. The van der Waals surface area contributed by atoms with E-state index in [4.69, 9.17) is 0 Å². The van der Waals surface area contributed by atoms with E-state index in [1.807, 2.05) is 23.5 Å². The van der Waals surface area contributed by atoms with Gasteiger partial charge in [0.05, 0.1) is 0 Å². The minimum atomic E-state index is -0.258. The van der Waals surface area contributed by atoms with Crippen LogP contribution in [0, 0.1) is 111 Å². The molecule has 0 radical (unpaired) electrons. The Hall–Kier alpha value is -10.5. The summed E-state index contributed by atoms with van der Waals surface area (Å²) in [6, 6.07) is 94.5. The van der Waals surface area contributed by atoms with Crippen LogP contribution in [0.5, 0.6) is 0 Å². The topological polar surface area (TPSA) is 0 Å². The first-order chi connectivity index (χ1) is 56.4. The van der Waals surface area contributed by atoms with Gasteiger partial charge in [-0.25, -0.2) is 0 Å². The number of thioether (sulfide) groups is 2. The van der Waals surface area contributed by atoms with Crippen molar-refractivity contribution in [3.63, 3.8) is 0 Å². The third kappa shape index (κ3) is 16.4. The number of hydrogen-bond donors (Lipinski definition) is 0. The number of hydrogen-bond acceptors (Lipinski definition) is 2. The van der Waals surface area contributed by atoms with Crippen molar-refractivity contribution in [1.29, 1.82) is 0 Å². The lowest BCUT2D eigenvalue weighted by atomic mass is 9.76. The summed E-state index contributed by atoms with van der Waals surface area (Å²) in [5, 5.41) is 0. The number of rotatable bonds is 20. The summed E-state index contributed by atoms with van der Waals surface area (Å²) in [5.41, 5.74) is 56.6. The maximum atomic E-state index is 2.67. The summed E-state index contributed by atoms with van der Waals surface area (Å²) in [6.07, 6.45) is 7.48. The van der Waals surface area contributed by atoms with E-state index in [1.54, 1.807) is 0 Å². The molecule has 0 fully saturated rings. The monoisotopic (exact) mass is 1580 g/mol. The summed E-state index contributed by atoms with van der Waals surface area (Å²) in [6.45, 7) is 51.7. The number of benzene rings is 14. The van der Waals surface area contributed by atoms with Crippen LogP contribution >= 0.6 is 23.5 Å². The van der Waals surface area contributed by atoms with Crippen LogP contribution in [-0.2, 0) is 36.5 Å². The standard InChI is InChI=1S/C116H120S2/c1-69-37-25-38-70(2)103(69)91-53-33-54-92(104-71(3)39-26-40-72(104)4)99(91)65-85-61-89(115(17,18)19)62-86(66-100-93(105-73(5)41-27-42-74(105)6)55-34-56-94(100)106-75(7)43-28-44-76(106)8)111(85)113(117-23)114(118-24)112-87(67-101-95(107-77(9)45-29-46-78(107)10)57-35-58-96(101)108-79(11)47-30-48-80(108)12)63-90(116(20,21)22)64-88(112)68-102-97(109-81(13)49-31-50-82(109)14)59-36-60-98(102)110-83(15)51-32-52-84(110)16/h25-64H,65-68H2,1-24H3. The molecule has 0 bridgehead atoms. The van der Waals surface area contributed by atoms with Crippen LogP contribution in [0.2, 0.25) is 0 Å². The average Bonchev–Trinajstić information content (AvgIpc) is 0.746. The molecule has 2 heteroatoms. The molecule has 0 saturated carbocycles. The van der Waals surface area contributed by atoms with Gasteiger partial charge in [0.15, 0.2) is 0 Å². The highest BCUT2D eigenvalue weighted by molar-refractivity contribution is 8.13. The van der Waals surface area contributed by atoms with E-state index < -0.39 is 0 Å². The molecule has 0 saturated heterocycles. The van der Waals surface area contributed by atoms with E-state index in [9.17, 15) is 0 Å². The molecule has 0 N–H and O–H groups in total. The lowest BCUT2D eigenvalue weighted by Gasteiger charge is -2.30. The lowest BCUT2D eigenvalue weighted by molar-refractivity contribution is 0.588. The Morgan fingerprint density at radius 3 is 0.449 bits per heavy atom. The van der Waals surface area contributed by atoms with Gasteiger partial charge in [0.25, 0.3) is 0 Å². The van der Waals surface area contributed by atoms with Gasteiger partial charge in [-0.15, -0.1) is 23.5 Å². The second-order valence-electron chi connectivity index (χ2n) is 36.1. The molecule has 0 spiro atoms. The Balaban J connectivity index is 1.21. The Labute approximate surface area is 716 Å². The highest BCUT2D eigenvalue weighted by Crippen LogP contribution is 2.53. The molecule has 0 aliphatic rings. The van der Waals surface area contributed by atoms with E-state index in [-0.39, 0.29) is 10.8 Å². The molecular weight excluding hydrogens is 1460 g/mol. The van der Waals surface area contributed by atoms with Crippen molar-refractivity contribution in [3.05, 3.63) is 398 Å². The molecular formula is C116H120S2. The maximum absolute atomic E-state index is 2.67. The van der Waals surface area contributed by atoms with Gasteiger partial charge in [0.2, 0.25) is 0 Å². The zero-order valence-electron chi connectivity index (χ0n) is 74.7. The summed E-state index contributed by atoms with van der Waals surface area (Å²) in [7, 11) is 0. The summed E-state index contributed by atoms with van der Waals surface area (Å²) >= 11 is 3.90. The van der Waals surface area contributed by atoms with Gasteiger partial charge in [-0.3, -0.25) is 0 Å². The first-order valence-electron chi connectivity index (χ1n) is 42.5. The normalized spacial score (nSPS) is 12.1. The average molecular weight is 1580 g/mol. The highest BCUT2D eigenvalue weighted by atomic mass is 32.2. The first kappa shape index (κ1) is 84.0. The van der Waals surface area contributed by atoms with Crippen LogP contribution in [0.3, 0.4) is 0 Å². The second kappa shape index (κ2) is 34.5. The minimum Gasteiger partial charge on any atom is -0.128 e. The van der Waals surface area contributed by atoms with E-state index in [0.717, 1.165) is 0 Å². The van der Waals surface area contributed by atoms with Crippen molar-refractivity contribution < 1.29 is 0 Å². The minimum absolute atomic E-state index is 0.258. The van der Waals surface area contributed by atoms with Crippen LogP contribution in [0.15, 0.2) is 243 Å². The molecule has 14 rings (SSSR count). The van der Waals surface area contributed by atoms with Crippen molar-refractivity contribution in [2.45, 2.75) is 189 Å². The second-order valence-corrected chi connectivity index (χ2v) is 37.7. The molecule has 0 heterocycles. The van der Waals surface area contributed by atoms with E-state index in [1.165, 1.54) is 255 Å². The summed E-state index contributed by atoms with van der Waals surface area (Å²) in [5.74, 6) is 0. The van der Waals surface area contributed by atoms with Crippen molar-refractivity contribution in [1.82, 2.24) is 0 Å². The van der Waals surface area contributed by atoms with Crippen molar-refractivity contribution in [3.8, 4) is 89.0 Å². The fourth-order valence-corrected chi connectivity index (χ4v) is 21.8. The van der Waals surface area contributed by atoms with Crippen LogP contribution < -0.4 is 0 Å². The van der Waals surface area contributed by atoms with Crippen LogP contribution in [0.25, 0.3) is 98.8 Å². The fraction of sp³-hybridized carbons (Fsp3) is 0.259. The number of aryl methyl sites for hydroxylation is 16. The third-order valence-electron chi connectivity index (χ3n) is 25.6. The Morgan fingerprint density at radius 1 is 0.203 bits per heavy atom. The molecule has 0 aromatic heterocycles. The van der Waals surface area contributed by atoms with Crippen molar-refractivity contribution >= 4 is 33.3 Å². The predicted molar refractivity (Wildman–Crippen MR) is 520 cm³/mol. The quantitative estimate of drug-likeness (QED) is 0.0698. The van der Waals surface area contributed by atoms with E-state index in [2.05, 4.69) is 407 Å². The zero-order valence-corrected chi connectivity index (χ0v) is 76.4. The van der Waals surface area contributed by atoms with Crippen molar-refractivity contribution in [2.24, 2.45) is 0 Å². The highest BCUT2D eigenvalue weighted by Gasteiger charge is 2.33. The van der Waals surface area contributed by atoms with Gasteiger partial charge in [-0.2, -0.15) is 0 Å². The zero-order chi connectivity index (χ0) is 84.1. The van der Waals surface area contributed by atoms with E-state index in [0.29, 0.717) is 25.7 Å². The van der Waals surface area contributed by atoms with Crippen LogP contribution in [-0.4, -0.2) is 12.5 Å². The largest absolute Gasteiger partial charge is 0.128 e. The van der Waals surface area contributed by atoms with Gasteiger partial charge in [0, 0.05) is 9.81 Å². The smallest absolute Gasteiger partial charge is 0.0290 e. The third-order valence-corrected chi connectivity index (χ3v) is 27.3. The summed E-state index contributed by atoms with van der Waals surface area (Å²) in [4.78, 5) is 2.58. The molecule has 118 heavy (non-hydrogen) atoms. The lowest BCUT2D eigenvalue weighted by Crippen LogP contribution is -2.16. The van der Waals surface area contributed by atoms with E-state index >= 15 is 0 Å². The molecule has 596 valence electrons. The molecule has 0 atom stereocenters. The summed E-state index contributed by atoms with van der Waals surface area (Å²) < 4.78 is 0. The van der Waals surface area contributed by atoms with Gasteiger partial charge in [-0.05, 0) is 405 Å². The Kier molecular flexibility index (Phi) is 24.5. The molecule has 0 unspecified atom stereocenters. The molecule has 14 aromatic rings. The van der Waals surface area contributed by atoms with Gasteiger partial charge >= 0.3 is 0 Å². The van der Waals surface area contributed by atoms with Crippen molar-refractivity contribution in [2.75, 3.05) is 12.5 Å².